The van der Waals surface area contributed by atoms with Crippen LogP contribution in [0.25, 0.3) is 0 Å². The van der Waals surface area contributed by atoms with Crippen LogP contribution in [-0.4, -0.2) is 60.8 Å². The number of fused-ring (bicyclic) bond motifs is 2. The Labute approximate surface area is 151 Å². The number of hydrogen-bond donors (Lipinski definition) is 1. The van der Waals surface area contributed by atoms with Crippen molar-refractivity contribution in [1.82, 2.24) is 0 Å². The highest BCUT2D eigenvalue weighted by atomic mass is 16.6. The van der Waals surface area contributed by atoms with Crippen LogP contribution in [0, 0.1) is 35.5 Å². The Morgan fingerprint density at radius 2 is 1.31 bits per heavy atom. The smallest absolute Gasteiger partial charge is 0.309 e. The summed E-state index contributed by atoms with van der Waals surface area (Å²) in [4.78, 5) is 23.6. The van der Waals surface area contributed by atoms with E-state index in [1.165, 1.54) is 0 Å². The fourth-order valence-corrected chi connectivity index (χ4v) is 6.76. The van der Waals surface area contributed by atoms with Gasteiger partial charge in [-0.2, -0.15) is 0 Å². The van der Waals surface area contributed by atoms with Gasteiger partial charge in [0.15, 0.2) is 0 Å². The highest BCUT2D eigenvalue weighted by Gasteiger charge is 2.63. The second kappa shape index (κ2) is 5.42. The third-order valence-electron chi connectivity index (χ3n) is 7.79. The summed E-state index contributed by atoms with van der Waals surface area (Å²) >= 11 is 0. The van der Waals surface area contributed by atoms with Gasteiger partial charge >= 0.3 is 11.9 Å². The molecule has 4 saturated carbocycles. The molecule has 0 aromatic heterocycles. The highest BCUT2D eigenvalue weighted by Crippen LogP contribution is 2.56. The predicted molar refractivity (Wildman–Crippen MR) is 84.7 cm³/mol. The van der Waals surface area contributed by atoms with Crippen LogP contribution in [0.2, 0.25) is 0 Å². The monoisotopic (exact) mass is 364 g/mol. The number of aliphatic hydroxyl groups is 1. The first-order chi connectivity index (χ1) is 12.6. The third kappa shape index (κ3) is 2.05. The van der Waals surface area contributed by atoms with Crippen molar-refractivity contribution in [2.24, 2.45) is 35.5 Å². The zero-order chi connectivity index (χ0) is 17.6. The first kappa shape index (κ1) is 15.8. The van der Waals surface area contributed by atoms with Gasteiger partial charge in [0.05, 0.1) is 37.3 Å². The van der Waals surface area contributed by atoms with Gasteiger partial charge in [-0.15, -0.1) is 0 Å². The summed E-state index contributed by atoms with van der Waals surface area (Å²) in [6.45, 7) is 0.362. The number of rotatable bonds is 6. The van der Waals surface area contributed by atoms with E-state index in [9.17, 15) is 14.7 Å². The molecular weight excluding hydrogens is 340 g/mol. The van der Waals surface area contributed by atoms with E-state index in [1.807, 2.05) is 0 Å². The minimum absolute atomic E-state index is 0.0711. The summed E-state index contributed by atoms with van der Waals surface area (Å²) in [5.74, 6) is 1.37. The molecule has 1 N–H and O–H groups in total. The quantitative estimate of drug-likeness (QED) is 0.677. The van der Waals surface area contributed by atoms with E-state index in [-0.39, 0.29) is 61.4 Å². The molecule has 142 valence electrons. The summed E-state index contributed by atoms with van der Waals surface area (Å²) in [5, 5.41) is 10.3. The molecule has 26 heavy (non-hydrogen) atoms. The zero-order valence-electron chi connectivity index (χ0n) is 14.5. The first-order valence-corrected chi connectivity index (χ1v) is 9.92. The van der Waals surface area contributed by atoms with Gasteiger partial charge < -0.3 is 24.1 Å². The fraction of sp³-hybridized carbons (Fsp3) is 0.895. The molecule has 4 aliphatic carbocycles. The average Bonchev–Trinajstić information content (AvgIpc) is 3.39. The van der Waals surface area contributed by atoms with Gasteiger partial charge in [0.1, 0.15) is 18.3 Å². The lowest BCUT2D eigenvalue weighted by Crippen LogP contribution is -2.39. The summed E-state index contributed by atoms with van der Waals surface area (Å²) in [5.41, 5.74) is 0. The van der Waals surface area contributed by atoms with E-state index in [2.05, 4.69) is 0 Å². The van der Waals surface area contributed by atoms with Crippen LogP contribution in [0.15, 0.2) is 0 Å². The molecule has 0 amide bonds. The predicted octanol–water partition coefficient (Wildman–Crippen LogP) is 0.281. The molecule has 0 aromatic rings. The Bertz CT molecular complexity index is 596. The van der Waals surface area contributed by atoms with Crippen LogP contribution in [0.3, 0.4) is 0 Å². The van der Waals surface area contributed by atoms with Crippen LogP contribution < -0.4 is 0 Å². The Hall–Kier alpha value is -1.18. The minimum Gasteiger partial charge on any atom is -0.459 e. The van der Waals surface area contributed by atoms with Crippen LogP contribution in [0.5, 0.6) is 0 Å². The molecule has 4 bridgehead atoms. The Balaban J connectivity index is 1.01. The average molecular weight is 364 g/mol. The fourth-order valence-electron chi connectivity index (χ4n) is 6.76. The maximum absolute atomic E-state index is 11.8. The second-order valence-electron chi connectivity index (χ2n) is 9.06. The first-order valence-electron chi connectivity index (χ1n) is 9.92. The number of aliphatic hydroxyl groups excluding tert-OH is 1. The van der Waals surface area contributed by atoms with Crippen molar-refractivity contribution in [3.63, 3.8) is 0 Å². The van der Waals surface area contributed by atoms with Gasteiger partial charge in [-0.05, 0) is 37.5 Å². The van der Waals surface area contributed by atoms with Crippen molar-refractivity contribution in [3.05, 3.63) is 0 Å². The Morgan fingerprint density at radius 1 is 0.846 bits per heavy atom. The molecular formula is C19H24O7. The molecule has 0 aromatic carbocycles. The number of carbonyl (C=O) groups is 2. The molecule has 6 rings (SSSR count). The molecule has 10 unspecified atom stereocenters. The Kier molecular flexibility index (Phi) is 3.30. The van der Waals surface area contributed by atoms with Crippen molar-refractivity contribution in [2.45, 2.75) is 56.2 Å². The summed E-state index contributed by atoms with van der Waals surface area (Å²) in [6.07, 6.45) is 2.56. The van der Waals surface area contributed by atoms with Crippen molar-refractivity contribution in [1.29, 1.82) is 0 Å². The molecule has 0 spiro atoms. The Morgan fingerprint density at radius 3 is 1.77 bits per heavy atom. The molecule has 2 saturated heterocycles. The number of carbonyl (C=O) groups excluding carboxylic acids is 2. The van der Waals surface area contributed by atoms with Crippen molar-refractivity contribution < 1.29 is 33.6 Å². The lowest BCUT2D eigenvalue weighted by Gasteiger charge is -2.28. The van der Waals surface area contributed by atoms with E-state index in [0.29, 0.717) is 23.7 Å². The molecule has 2 aliphatic heterocycles. The van der Waals surface area contributed by atoms with Crippen molar-refractivity contribution in [2.75, 3.05) is 13.2 Å². The van der Waals surface area contributed by atoms with E-state index >= 15 is 0 Å². The van der Waals surface area contributed by atoms with Crippen LogP contribution >= 0.6 is 0 Å². The maximum atomic E-state index is 11.8. The minimum atomic E-state index is -0.728. The van der Waals surface area contributed by atoms with Crippen molar-refractivity contribution in [3.8, 4) is 0 Å². The van der Waals surface area contributed by atoms with Crippen LogP contribution in [-0.2, 0) is 28.5 Å². The van der Waals surface area contributed by atoms with E-state index in [0.717, 1.165) is 25.7 Å². The highest BCUT2D eigenvalue weighted by molar-refractivity contribution is 5.77. The van der Waals surface area contributed by atoms with E-state index in [1.54, 1.807) is 0 Å². The van der Waals surface area contributed by atoms with Gasteiger partial charge in [0.25, 0.3) is 0 Å². The SMILES string of the molecule is O=C1OC2C3CC(CC13)C2OCC(O)COC1C2CC3C(=O)OC1C3C2. The lowest BCUT2D eigenvalue weighted by atomic mass is 9.88. The molecule has 7 nitrogen and oxygen atoms in total. The maximum Gasteiger partial charge on any atom is 0.309 e. The van der Waals surface area contributed by atoms with Crippen LogP contribution in [0.1, 0.15) is 25.7 Å². The second-order valence-corrected chi connectivity index (χ2v) is 9.06. The molecule has 0 radical (unpaired) electrons. The standard InChI is InChI=1S/C19H24O7/c20-9(5-23-14-7-1-10-12(3-7)18(21)25-16(10)14)6-24-15-8-2-11-13(4-8)19(22)26-17(11)15/h7-17,20H,1-6H2. The summed E-state index contributed by atoms with van der Waals surface area (Å²) < 4.78 is 22.8. The number of hydrogen-bond acceptors (Lipinski definition) is 7. The van der Waals surface area contributed by atoms with E-state index in [4.69, 9.17) is 18.9 Å². The van der Waals surface area contributed by atoms with Gasteiger partial charge in [-0.3, -0.25) is 9.59 Å². The van der Waals surface area contributed by atoms with Gasteiger partial charge in [0.2, 0.25) is 0 Å². The molecule has 6 fully saturated rings. The summed E-state index contributed by atoms with van der Waals surface area (Å²) in [7, 11) is 0. The lowest BCUT2D eigenvalue weighted by molar-refractivity contribution is -0.151. The number of esters is 2. The van der Waals surface area contributed by atoms with E-state index < -0.39 is 6.10 Å². The third-order valence-corrected chi connectivity index (χ3v) is 7.79. The van der Waals surface area contributed by atoms with Gasteiger partial charge in [-0.25, -0.2) is 0 Å². The molecule has 10 atom stereocenters. The molecule has 6 aliphatic rings. The topological polar surface area (TPSA) is 91.3 Å². The normalized spacial score (nSPS) is 53.4. The number of ether oxygens (including phenoxy) is 4. The van der Waals surface area contributed by atoms with Gasteiger partial charge in [0, 0.05) is 11.8 Å². The van der Waals surface area contributed by atoms with Gasteiger partial charge in [-0.1, -0.05) is 0 Å². The zero-order valence-corrected chi connectivity index (χ0v) is 14.5. The summed E-state index contributed by atoms with van der Waals surface area (Å²) in [6, 6.07) is 0. The van der Waals surface area contributed by atoms with Crippen LogP contribution in [0.4, 0.5) is 0 Å². The molecule has 2 heterocycles. The largest absolute Gasteiger partial charge is 0.459 e. The van der Waals surface area contributed by atoms with Crippen molar-refractivity contribution >= 4 is 11.9 Å². The molecule has 7 heteroatoms.